The maximum absolute atomic E-state index is 6.82. The molecule has 0 amide bonds. The summed E-state index contributed by atoms with van der Waals surface area (Å²) < 4.78 is 9.45. The van der Waals surface area contributed by atoms with Crippen molar-refractivity contribution in [2.75, 3.05) is 4.90 Å². The molecule has 13 aromatic rings. The highest BCUT2D eigenvalue weighted by molar-refractivity contribution is 7.26. The summed E-state index contributed by atoms with van der Waals surface area (Å²) in [6, 6.07) is 81.7. The molecule has 63 heavy (non-hydrogen) atoms. The third-order valence-corrected chi connectivity index (χ3v) is 14.1. The van der Waals surface area contributed by atoms with Crippen LogP contribution in [0.1, 0.15) is 0 Å². The van der Waals surface area contributed by atoms with Gasteiger partial charge in [0.1, 0.15) is 11.2 Å². The van der Waals surface area contributed by atoms with Crippen LogP contribution >= 0.6 is 11.3 Å². The zero-order valence-corrected chi connectivity index (χ0v) is 34.9. The van der Waals surface area contributed by atoms with E-state index in [-0.39, 0.29) is 0 Å². The fourth-order valence-corrected chi connectivity index (χ4v) is 11.1. The lowest BCUT2D eigenvalue weighted by Gasteiger charge is -2.28. The summed E-state index contributed by atoms with van der Waals surface area (Å²) in [5.41, 5.74) is 12.0. The Morgan fingerprint density at radius 3 is 1.70 bits per heavy atom. The Balaban J connectivity index is 0.974. The Morgan fingerprint density at radius 1 is 0.333 bits per heavy atom. The van der Waals surface area contributed by atoms with E-state index in [0.717, 1.165) is 50.1 Å². The van der Waals surface area contributed by atoms with E-state index in [4.69, 9.17) is 4.42 Å². The van der Waals surface area contributed by atoms with Crippen molar-refractivity contribution in [3.05, 3.63) is 224 Å². The average molecular weight is 820 g/mol. The van der Waals surface area contributed by atoms with Gasteiger partial charge >= 0.3 is 0 Å². The quantitative estimate of drug-likeness (QED) is 0.155. The molecule has 0 N–H and O–H groups in total. The van der Waals surface area contributed by atoms with E-state index in [9.17, 15) is 0 Å². The molecule has 0 aliphatic carbocycles. The highest BCUT2D eigenvalue weighted by Gasteiger charge is 2.21. The van der Waals surface area contributed by atoms with Crippen molar-refractivity contribution in [1.82, 2.24) is 0 Å². The molecular formula is C60H37NOS. The highest BCUT2D eigenvalue weighted by Crippen LogP contribution is 2.46. The van der Waals surface area contributed by atoms with Crippen LogP contribution in [0.3, 0.4) is 0 Å². The zero-order valence-electron chi connectivity index (χ0n) is 34.1. The van der Waals surface area contributed by atoms with Gasteiger partial charge in [0.05, 0.1) is 5.69 Å². The van der Waals surface area contributed by atoms with Crippen LogP contribution in [0.5, 0.6) is 0 Å². The predicted octanol–water partition coefficient (Wildman–Crippen LogP) is 17.9. The van der Waals surface area contributed by atoms with Gasteiger partial charge in [0.15, 0.2) is 0 Å². The number of rotatable bonds is 6. The van der Waals surface area contributed by atoms with Crippen molar-refractivity contribution >= 4 is 103 Å². The number of fused-ring (bicyclic) bond motifs is 10. The van der Waals surface area contributed by atoms with Crippen LogP contribution in [0, 0.1) is 0 Å². The first-order valence-corrected chi connectivity index (χ1v) is 22.3. The van der Waals surface area contributed by atoms with Gasteiger partial charge in [0, 0.05) is 53.4 Å². The number of nitrogens with zero attached hydrogens (tertiary/aromatic N) is 1. The van der Waals surface area contributed by atoms with Gasteiger partial charge in [0.25, 0.3) is 0 Å². The lowest BCUT2D eigenvalue weighted by molar-refractivity contribution is 0.670. The number of benzene rings is 11. The first-order chi connectivity index (χ1) is 31.2. The number of anilines is 3. The molecule has 3 heteroatoms. The predicted molar refractivity (Wildman–Crippen MR) is 270 cm³/mol. The largest absolute Gasteiger partial charge is 0.455 e. The number of furan rings is 1. The molecule has 0 aliphatic rings. The fourth-order valence-electron chi connectivity index (χ4n) is 9.87. The third-order valence-electron chi connectivity index (χ3n) is 12.9. The van der Waals surface area contributed by atoms with E-state index in [0.29, 0.717) is 0 Å². The molecule has 2 nitrogen and oxygen atoms in total. The van der Waals surface area contributed by atoms with Crippen LogP contribution in [0.4, 0.5) is 17.1 Å². The lowest BCUT2D eigenvalue weighted by Crippen LogP contribution is -2.11. The van der Waals surface area contributed by atoms with Gasteiger partial charge in [-0.05, 0) is 103 Å². The molecule has 2 heterocycles. The maximum atomic E-state index is 6.82. The van der Waals surface area contributed by atoms with Gasteiger partial charge in [0.2, 0.25) is 0 Å². The summed E-state index contributed by atoms with van der Waals surface area (Å²) in [6.07, 6.45) is 0. The molecule has 2 aromatic heterocycles. The van der Waals surface area contributed by atoms with Crippen molar-refractivity contribution < 1.29 is 4.42 Å². The molecule has 0 spiro atoms. The molecule has 0 saturated heterocycles. The molecule has 0 radical (unpaired) electrons. The summed E-state index contributed by atoms with van der Waals surface area (Å²) in [4.78, 5) is 2.40. The van der Waals surface area contributed by atoms with Crippen LogP contribution in [0.15, 0.2) is 229 Å². The molecular weight excluding hydrogens is 783 g/mol. The number of thiophene rings is 1. The first-order valence-electron chi connectivity index (χ1n) is 21.5. The summed E-state index contributed by atoms with van der Waals surface area (Å²) in [5, 5.41) is 12.3. The zero-order chi connectivity index (χ0) is 41.4. The molecule has 0 bridgehead atoms. The second-order valence-electron chi connectivity index (χ2n) is 16.4. The Bertz CT molecular complexity index is 3910. The molecule has 0 aliphatic heterocycles. The van der Waals surface area contributed by atoms with Crippen LogP contribution in [-0.4, -0.2) is 0 Å². The SMILES string of the molecule is c1ccc(N(c2ccc(-c3cccc4c3ccc3ccccc34)cc2)c2ccc(-c3cccc4c3sc3ccccc34)cc2)c(-c2cccc3c2oc2cc4ccccc4cc23)c1. The minimum atomic E-state index is 0.890. The Labute approximate surface area is 368 Å². The molecule has 294 valence electrons. The van der Waals surface area contributed by atoms with Gasteiger partial charge in [-0.3, -0.25) is 0 Å². The van der Waals surface area contributed by atoms with Crippen molar-refractivity contribution in [3.63, 3.8) is 0 Å². The summed E-state index contributed by atoms with van der Waals surface area (Å²) >= 11 is 1.87. The van der Waals surface area contributed by atoms with E-state index in [1.807, 2.05) is 11.3 Å². The van der Waals surface area contributed by atoms with Gasteiger partial charge in [-0.25, -0.2) is 0 Å². The second kappa shape index (κ2) is 14.3. The number of para-hydroxylation sites is 2. The summed E-state index contributed by atoms with van der Waals surface area (Å²) in [7, 11) is 0. The standard InChI is InChI=1S/C60H37NOS/c1-2-14-42-37-57-55(36-41(42)13-1)53-22-11-21-52(59(53)62-57)50-16-5-7-24-56(50)61(44-33-28-40(29-34-44)47-19-10-23-54-51-17-6-8-25-58(51)63-60(47)54)43-31-26-39(27-32-43)46-18-9-20-48-45-15-4-3-12-38(45)30-35-49(46)48/h1-37H. The average Bonchev–Trinajstić information content (AvgIpc) is 3.92. The van der Waals surface area contributed by atoms with E-state index >= 15 is 0 Å². The Morgan fingerprint density at radius 2 is 0.905 bits per heavy atom. The van der Waals surface area contributed by atoms with Crippen molar-refractivity contribution in [2.24, 2.45) is 0 Å². The van der Waals surface area contributed by atoms with Crippen molar-refractivity contribution in [2.45, 2.75) is 0 Å². The smallest absolute Gasteiger partial charge is 0.143 e. The molecule has 0 saturated carbocycles. The number of hydrogen-bond acceptors (Lipinski definition) is 3. The second-order valence-corrected chi connectivity index (χ2v) is 17.4. The third kappa shape index (κ3) is 5.78. The van der Waals surface area contributed by atoms with E-state index in [1.165, 1.54) is 74.7 Å². The van der Waals surface area contributed by atoms with E-state index in [1.54, 1.807) is 0 Å². The van der Waals surface area contributed by atoms with E-state index < -0.39 is 0 Å². The minimum absolute atomic E-state index is 0.890. The van der Waals surface area contributed by atoms with Gasteiger partial charge in [-0.15, -0.1) is 11.3 Å². The van der Waals surface area contributed by atoms with Crippen LogP contribution in [0.2, 0.25) is 0 Å². The molecule has 13 rings (SSSR count). The molecule has 0 fully saturated rings. The Kier molecular flexibility index (Phi) is 8.12. The van der Waals surface area contributed by atoms with Crippen molar-refractivity contribution in [1.29, 1.82) is 0 Å². The molecule has 0 atom stereocenters. The van der Waals surface area contributed by atoms with E-state index in [2.05, 4.69) is 229 Å². The topological polar surface area (TPSA) is 16.4 Å². The van der Waals surface area contributed by atoms with Crippen LogP contribution < -0.4 is 4.90 Å². The monoisotopic (exact) mass is 819 g/mol. The van der Waals surface area contributed by atoms with Gasteiger partial charge < -0.3 is 9.32 Å². The first kappa shape index (κ1) is 35.7. The molecule has 11 aromatic carbocycles. The van der Waals surface area contributed by atoms with Crippen molar-refractivity contribution in [3.8, 4) is 33.4 Å². The minimum Gasteiger partial charge on any atom is -0.455 e. The lowest BCUT2D eigenvalue weighted by atomic mass is 9.94. The van der Waals surface area contributed by atoms with Crippen LogP contribution in [-0.2, 0) is 0 Å². The van der Waals surface area contributed by atoms with Crippen LogP contribution in [0.25, 0.3) is 108 Å². The Hall–Kier alpha value is -7.98. The maximum Gasteiger partial charge on any atom is 0.143 e. The summed E-state index contributed by atoms with van der Waals surface area (Å²) in [6.45, 7) is 0. The van der Waals surface area contributed by atoms with Gasteiger partial charge in [-0.1, -0.05) is 176 Å². The highest BCUT2D eigenvalue weighted by atomic mass is 32.1. The summed E-state index contributed by atoms with van der Waals surface area (Å²) in [5.74, 6) is 0. The number of hydrogen-bond donors (Lipinski definition) is 0. The fraction of sp³-hybridized carbons (Fsp3) is 0. The van der Waals surface area contributed by atoms with Gasteiger partial charge in [-0.2, -0.15) is 0 Å². The molecule has 0 unspecified atom stereocenters. The normalized spacial score (nSPS) is 11.8.